The van der Waals surface area contributed by atoms with E-state index in [2.05, 4.69) is 6.07 Å². The molecule has 0 fully saturated rings. The molecule has 0 heterocycles. The molecule has 2 nitrogen and oxygen atoms in total. The predicted octanol–water partition coefficient (Wildman–Crippen LogP) is 1.72. The van der Waals surface area contributed by atoms with Gasteiger partial charge in [0, 0.05) is 6.61 Å². The molecule has 0 aromatic heterocycles. The summed E-state index contributed by atoms with van der Waals surface area (Å²) in [4.78, 5) is 0. The third-order valence-electron chi connectivity index (χ3n) is 2.76. The van der Waals surface area contributed by atoms with Crippen LogP contribution in [0.2, 0.25) is 0 Å². The zero-order chi connectivity index (χ0) is 9.26. The molecule has 1 aliphatic carbocycles. The van der Waals surface area contributed by atoms with E-state index in [1.54, 1.807) is 7.11 Å². The van der Waals surface area contributed by atoms with Crippen LogP contribution in [-0.4, -0.2) is 18.8 Å². The van der Waals surface area contributed by atoms with Crippen LogP contribution in [0.25, 0.3) is 0 Å². The third-order valence-corrected chi connectivity index (χ3v) is 2.76. The highest BCUT2D eigenvalue weighted by molar-refractivity contribution is 5.49. The van der Waals surface area contributed by atoms with Crippen LogP contribution in [0.1, 0.15) is 23.5 Å². The molecule has 0 amide bonds. The van der Waals surface area contributed by atoms with Gasteiger partial charge in [0.2, 0.25) is 0 Å². The standard InChI is InChI=1S/C11H14O2/c1-13-11-4-2-3-9-8(5-6-12)7-10(9)11/h2-4,8,12H,5-7H2,1H3. The minimum Gasteiger partial charge on any atom is -0.496 e. The van der Waals surface area contributed by atoms with E-state index in [1.165, 1.54) is 11.1 Å². The second kappa shape index (κ2) is 3.38. The molecule has 13 heavy (non-hydrogen) atoms. The summed E-state index contributed by atoms with van der Waals surface area (Å²) < 4.78 is 5.24. The Kier molecular flexibility index (Phi) is 2.23. The monoisotopic (exact) mass is 178 g/mol. The summed E-state index contributed by atoms with van der Waals surface area (Å²) in [5, 5.41) is 8.82. The smallest absolute Gasteiger partial charge is 0.122 e. The van der Waals surface area contributed by atoms with E-state index in [9.17, 15) is 0 Å². The molecule has 0 saturated carbocycles. The maximum absolute atomic E-state index is 8.82. The summed E-state index contributed by atoms with van der Waals surface area (Å²) in [7, 11) is 1.70. The Morgan fingerprint density at radius 2 is 2.38 bits per heavy atom. The van der Waals surface area contributed by atoms with Gasteiger partial charge in [0.1, 0.15) is 5.75 Å². The number of hydrogen-bond acceptors (Lipinski definition) is 2. The van der Waals surface area contributed by atoms with Crippen LogP contribution < -0.4 is 4.74 Å². The molecule has 1 aromatic carbocycles. The van der Waals surface area contributed by atoms with Crippen molar-refractivity contribution in [2.24, 2.45) is 0 Å². The molecule has 0 radical (unpaired) electrons. The van der Waals surface area contributed by atoms with Crippen molar-refractivity contribution in [3.63, 3.8) is 0 Å². The van der Waals surface area contributed by atoms with Crippen LogP contribution in [-0.2, 0) is 6.42 Å². The lowest BCUT2D eigenvalue weighted by Crippen LogP contribution is -2.19. The van der Waals surface area contributed by atoms with Crippen LogP contribution in [0.15, 0.2) is 18.2 Å². The largest absolute Gasteiger partial charge is 0.496 e. The molecule has 0 aliphatic heterocycles. The first-order valence-corrected chi connectivity index (χ1v) is 4.63. The van der Waals surface area contributed by atoms with Gasteiger partial charge in [-0.15, -0.1) is 0 Å². The third kappa shape index (κ3) is 1.31. The Balaban J connectivity index is 2.23. The van der Waals surface area contributed by atoms with Gasteiger partial charge in [0.15, 0.2) is 0 Å². The van der Waals surface area contributed by atoms with E-state index in [0.29, 0.717) is 5.92 Å². The zero-order valence-corrected chi connectivity index (χ0v) is 7.79. The molecular weight excluding hydrogens is 164 g/mol. The van der Waals surface area contributed by atoms with Gasteiger partial charge in [-0.2, -0.15) is 0 Å². The molecule has 2 rings (SSSR count). The van der Waals surface area contributed by atoms with Gasteiger partial charge >= 0.3 is 0 Å². The molecule has 0 saturated heterocycles. The van der Waals surface area contributed by atoms with Crippen LogP contribution in [0.3, 0.4) is 0 Å². The molecule has 2 heteroatoms. The van der Waals surface area contributed by atoms with Gasteiger partial charge in [-0.25, -0.2) is 0 Å². The molecular formula is C11H14O2. The SMILES string of the molecule is COc1cccc2c1CC2CCO. The van der Waals surface area contributed by atoms with E-state index >= 15 is 0 Å². The average molecular weight is 178 g/mol. The van der Waals surface area contributed by atoms with Crippen molar-refractivity contribution >= 4 is 0 Å². The molecule has 1 N–H and O–H groups in total. The lowest BCUT2D eigenvalue weighted by Gasteiger charge is -2.31. The van der Waals surface area contributed by atoms with Crippen molar-refractivity contribution in [1.29, 1.82) is 0 Å². The molecule has 1 unspecified atom stereocenters. The summed E-state index contributed by atoms with van der Waals surface area (Å²) in [6.45, 7) is 0.279. The van der Waals surface area contributed by atoms with Crippen molar-refractivity contribution in [1.82, 2.24) is 0 Å². The number of aliphatic hydroxyl groups is 1. The van der Waals surface area contributed by atoms with Gasteiger partial charge in [-0.1, -0.05) is 12.1 Å². The average Bonchev–Trinajstić information content (AvgIpc) is 2.14. The highest BCUT2D eigenvalue weighted by atomic mass is 16.5. The molecule has 70 valence electrons. The highest BCUT2D eigenvalue weighted by Crippen LogP contribution is 2.42. The first-order valence-electron chi connectivity index (χ1n) is 4.63. The van der Waals surface area contributed by atoms with Crippen LogP contribution >= 0.6 is 0 Å². The first kappa shape index (κ1) is 8.57. The number of rotatable bonds is 3. The van der Waals surface area contributed by atoms with Crippen molar-refractivity contribution in [3.05, 3.63) is 29.3 Å². The van der Waals surface area contributed by atoms with E-state index in [-0.39, 0.29) is 6.61 Å². The number of methoxy groups -OCH3 is 1. The molecule has 1 aliphatic rings. The van der Waals surface area contributed by atoms with Gasteiger partial charge < -0.3 is 9.84 Å². The minimum absolute atomic E-state index is 0.279. The number of benzene rings is 1. The summed E-state index contributed by atoms with van der Waals surface area (Å²) in [6.07, 6.45) is 1.93. The second-order valence-electron chi connectivity index (χ2n) is 3.44. The van der Waals surface area contributed by atoms with Gasteiger partial charge in [0.25, 0.3) is 0 Å². The first-order chi connectivity index (χ1) is 6.36. The summed E-state index contributed by atoms with van der Waals surface area (Å²) in [5.74, 6) is 1.54. The number of fused-ring (bicyclic) bond motifs is 1. The Morgan fingerprint density at radius 3 is 3.08 bits per heavy atom. The van der Waals surface area contributed by atoms with Crippen molar-refractivity contribution < 1.29 is 9.84 Å². The van der Waals surface area contributed by atoms with Crippen LogP contribution in [0.5, 0.6) is 5.75 Å². The maximum Gasteiger partial charge on any atom is 0.122 e. The minimum atomic E-state index is 0.279. The van der Waals surface area contributed by atoms with Crippen LogP contribution in [0, 0.1) is 0 Å². The molecule has 1 aromatic rings. The van der Waals surface area contributed by atoms with Gasteiger partial charge in [-0.3, -0.25) is 0 Å². The zero-order valence-electron chi connectivity index (χ0n) is 7.79. The second-order valence-corrected chi connectivity index (χ2v) is 3.44. The van der Waals surface area contributed by atoms with Crippen molar-refractivity contribution in [2.45, 2.75) is 18.8 Å². The Hall–Kier alpha value is -1.02. The van der Waals surface area contributed by atoms with E-state index < -0.39 is 0 Å². The Morgan fingerprint density at radius 1 is 1.54 bits per heavy atom. The lowest BCUT2D eigenvalue weighted by molar-refractivity contribution is 0.268. The fourth-order valence-corrected chi connectivity index (χ4v) is 2.01. The van der Waals surface area contributed by atoms with Crippen LogP contribution in [0.4, 0.5) is 0 Å². The van der Waals surface area contributed by atoms with Crippen molar-refractivity contribution in [2.75, 3.05) is 13.7 Å². The summed E-state index contributed by atoms with van der Waals surface area (Å²) >= 11 is 0. The van der Waals surface area contributed by atoms with E-state index in [0.717, 1.165) is 18.6 Å². The van der Waals surface area contributed by atoms with E-state index in [1.807, 2.05) is 12.1 Å². The maximum atomic E-state index is 8.82. The number of aliphatic hydroxyl groups excluding tert-OH is 1. The van der Waals surface area contributed by atoms with E-state index in [4.69, 9.17) is 9.84 Å². The number of ether oxygens (including phenoxy) is 1. The Labute approximate surface area is 78.2 Å². The molecule has 0 spiro atoms. The summed E-state index contributed by atoms with van der Waals surface area (Å²) in [5.41, 5.74) is 2.68. The molecule has 0 bridgehead atoms. The Bertz CT molecular complexity index is 307. The lowest BCUT2D eigenvalue weighted by atomic mass is 9.75. The quantitative estimate of drug-likeness (QED) is 0.763. The predicted molar refractivity (Wildman–Crippen MR) is 51.1 cm³/mol. The van der Waals surface area contributed by atoms with Gasteiger partial charge in [0.05, 0.1) is 7.11 Å². The van der Waals surface area contributed by atoms with Crippen molar-refractivity contribution in [3.8, 4) is 5.75 Å². The highest BCUT2D eigenvalue weighted by Gasteiger charge is 2.27. The summed E-state index contributed by atoms with van der Waals surface area (Å²) in [6, 6.07) is 6.14. The normalized spacial score (nSPS) is 19.1. The number of hydrogen-bond donors (Lipinski definition) is 1. The van der Waals surface area contributed by atoms with Gasteiger partial charge in [-0.05, 0) is 36.0 Å². The fraction of sp³-hybridized carbons (Fsp3) is 0.455. The molecule has 1 atom stereocenters. The topological polar surface area (TPSA) is 29.5 Å². The fourth-order valence-electron chi connectivity index (χ4n) is 2.01.